The number of aliphatic hydroxyl groups excluding tert-OH is 1. The molecule has 0 amide bonds. The van der Waals surface area contributed by atoms with Gasteiger partial charge in [0.1, 0.15) is 4.75 Å². The van der Waals surface area contributed by atoms with E-state index in [0.29, 0.717) is 5.56 Å². The molecule has 0 saturated heterocycles. The molecule has 4 heteroatoms. The van der Waals surface area contributed by atoms with Crippen molar-refractivity contribution >= 4 is 9.84 Å². The van der Waals surface area contributed by atoms with Gasteiger partial charge in [-0.3, -0.25) is 0 Å². The van der Waals surface area contributed by atoms with Crippen molar-refractivity contribution in [1.29, 1.82) is 0 Å². The van der Waals surface area contributed by atoms with Gasteiger partial charge in [-0.2, -0.15) is 0 Å². The zero-order valence-corrected chi connectivity index (χ0v) is 9.80. The second-order valence-corrected chi connectivity index (χ2v) is 7.05. The van der Waals surface area contributed by atoms with Gasteiger partial charge in [0, 0.05) is 5.56 Å². The van der Waals surface area contributed by atoms with Crippen molar-refractivity contribution in [2.24, 2.45) is 0 Å². The van der Waals surface area contributed by atoms with Crippen LogP contribution in [0.15, 0.2) is 23.1 Å². The van der Waals surface area contributed by atoms with E-state index in [1.165, 1.54) is 0 Å². The summed E-state index contributed by atoms with van der Waals surface area (Å²) in [5.74, 6) is 0. The Morgan fingerprint density at radius 2 is 1.93 bits per heavy atom. The predicted molar refractivity (Wildman–Crippen MR) is 57.4 cm³/mol. The summed E-state index contributed by atoms with van der Waals surface area (Å²) in [6, 6.07) is 5.14. The molecule has 1 aromatic carbocycles. The standard InChI is InChI=1S/C11H14O3S/c1-7-4-5-8-9(6-7)15(13,14)11(2,3)10(8)12/h4-6,10,12H,1-3H3. The smallest absolute Gasteiger partial charge is 0.186 e. The lowest BCUT2D eigenvalue weighted by Gasteiger charge is -2.20. The van der Waals surface area contributed by atoms with Crippen LogP contribution in [0.1, 0.15) is 31.1 Å². The molecule has 0 fully saturated rings. The Labute approximate surface area is 89.7 Å². The average Bonchev–Trinajstić information content (AvgIpc) is 2.27. The van der Waals surface area contributed by atoms with Crippen LogP contribution in [0, 0.1) is 6.92 Å². The molecule has 82 valence electrons. The Hall–Kier alpha value is -0.870. The highest BCUT2D eigenvalue weighted by Crippen LogP contribution is 2.46. The minimum atomic E-state index is -3.41. The number of aryl methyl sites for hydroxylation is 1. The molecule has 1 atom stereocenters. The van der Waals surface area contributed by atoms with Gasteiger partial charge < -0.3 is 5.11 Å². The van der Waals surface area contributed by atoms with Gasteiger partial charge in [0.2, 0.25) is 0 Å². The predicted octanol–water partition coefficient (Wildman–Crippen LogP) is 1.59. The van der Waals surface area contributed by atoms with Gasteiger partial charge in [0.15, 0.2) is 9.84 Å². The third kappa shape index (κ3) is 1.18. The summed E-state index contributed by atoms with van der Waals surface area (Å²) >= 11 is 0. The molecular formula is C11H14O3S. The van der Waals surface area contributed by atoms with Crippen LogP contribution in [-0.2, 0) is 9.84 Å². The zero-order chi connectivity index (χ0) is 11.4. The van der Waals surface area contributed by atoms with E-state index in [9.17, 15) is 13.5 Å². The SMILES string of the molecule is Cc1ccc2c(c1)S(=O)(=O)C(C)(C)C2O. The molecule has 15 heavy (non-hydrogen) atoms. The van der Waals surface area contributed by atoms with Crippen LogP contribution in [0.4, 0.5) is 0 Å². The second-order valence-electron chi connectivity index (χ2n) is 4.55. The topological polar surface area (TPSA) is 54.4 Å². The van der Waals surface area contributed by atoms with Crippen molar-refractivity contribution in [3.63, 3.8) is 0 Å². The number of sulfone groups is 1. The van der Waals surface area contributed by atoms with Crippen LogP contribution >= 0.6 is 0 Å². The van der Waals surface area contributed by atoms with Crippen molar-refractivity contribution in [3.8, 4) is 0 Å². The minimum Gasteiger partial charge on any atom is -0.387 e. The minimum absolute atomic E-state index is 0.278. The zero-order valence-electron chi connectivity index (χ0n) is 8.98. The normalized spacial score (nSPS) is 26.3. The summed E-state index contributed by atoms with van der Waals surface area (Å²) in [5, 5.41) is 9.96. The molecule has 1 aliphatic rings. The molecule has 0 bridgehead atoms. The molecule has 2 rings (SSSR count). The van der Waals surface area contributed by atoms with Gasteiger partial charge in [-0.1, -0.05) is 12.1 Å². The third-order valence-electron chi connectivity index (χ3n) is 3.10. The first kappa shape index (κ1) is 10.6. The first-order chi connectivity index (χ1) is 6.78. The van der Waals surface area contributed by atoms with Crippen LogP contribution in [0.2, 0.25) is 0 Å². The maximum Gasteiger partial charge on any atom is 0.186 e. The monoisotopic (exact) mass is 226 g/mol. The van der Waals surface area contributed by atoms with Gasteiger partial charge in [-0.05, 0) is 32.4 Å². The maximum atomic E-state index is 12.1. The molecule has 1 aliphatic heterocycles. The van der Waals surface area contributed by atoms with Crippen LogP contribution in [0.3, 0.4) is 0 Å². The van der Waals surface area contributed by atoms with Crippen LogP contribution < -0.4 is 0 Å². The number of rotatable bonds is 0. The molecule has 3 nitrogen and oxygen atoms in total. The maximum absolute atomic E-state index is 12.1. The molecule has 1 aromatic rings. The van der Waals surface area contributed by atoms with E-state index in [-0.39, 0.29) is 4.90 Å². The highest BCUT2D eigenvalue weighted by atomic mass is 32.2. The van der Waals surface area contributed by atoms with Gasteiger partial charge in [-0.15, -0.1) is 0 Å². The van der Waals surface area contributed by atoms with Gasteiger partial charge in [0.25, 0.3) is 0 Å². The number of benzene rings is 1. The lowest BCUT2D eigenvalue weighted by molar-refractivity contribution is 0.144. The molecule has 0 saturated carbocycles. The van der Waals surface area contributed by atoms with E-state index in [1.54, 1.807) is 26.0 Å². The highest BCUT2D eigenvalue weighted by molar-refractivity contribution is 7.93. The summed E-state index contributed by atoms with van der Waals surface area (Å²) in [5.41, 5.74) is 1.41. The summed E-state index contributed by atoms with van der Waals surface area (Å²) in [6.07, 6.45) is -0.932. The molecule has 0 spiro atoms. The van der Waals surface area contributed by atoms with Crippen LogP contribution in [0.25, 0.3) is 0 Å². The first-order valence-electron chi connectivity index (χ1n) is 4.82. The third-order valence-corrected chi connectivity index (χ3v) is 5.65. The molecule has 0 aromatic heterocycles. The number of fused-ring (bicyclic) bond motifs is 1. The quantitative estimate of drug-likeness (QED) is 0.731. The lowest BCUT2D eigenvalue weighted by atomic mass is 9.98. The molecular weight excluding hydrogens is 212 g/mol. The summed E-state index contributed by atoms with van der Waals surface area (Å²) in [6.45, 7) is 4.96. The van der Waals surface area contributed by atoms with Crippen LogP contribution in [-0.4, -0.2) is 18.3 Å². The van der Waals surface area contributed by atoms with Gasteiger partial charge in [-0.25, -0.2) is 8.42 Å². The second kappa shape index (κ2) is 2.83. The lowest BCUT2D eigenvalue weighted by Crippen LogP contribution is -2.32. The number of hydrogen-bond acceptors (Lipinski definition) is 3. The number of aliphatic hydroxyl groups is 1. The molecule has 1 unspecified atom stereocenters. The summed E-state index contributed by atoms with van der Waals surface area (Å²) in [7, 11) is -3.41. The Kier molecular flexibility index (Phi) is 2.01. The van der Waals surface area contributed by atoms with Crippen molar-refractivity contribution in [1.82, 2.24) is 0 Å². The van der Waals surface area contributed by atoms with E-state index >= 15 is 0 Å². The fraction of sp³-hybridized carbons (Fsp3) is 0.455. The Morgan fingerprint density at radius 1 is 1.33 bits per heavy atom. The van der Waals surface area contributed by atoms with Crippen molar-refractivity contribution in [3.05, 3.63) is 29.3 Å². The van der Waals surface area contributed by atoms with E-state index in [1.807, 2.05) is 13.0 Å². The van der Waals surface area contributed by atoms with Crippen molar-refractivity contribution in [2.75, 3.05) is 0 Å². The largest absolute Gasteiger partial charge is 0.387 e. The van der Waals surface area contributed by atoms with E-state index < -0.39 is 20.7 Å². The molecule has 0 radical (unpaired) electrons. The molecule has 1 heterocycles. The van der Waals surface area contributed by atoms with E-state index in [4.69, 9.17) is 0 Å². The fourth-order valence-corrected chi connectivity index (χ4v) is 3.72. The Morgan fingerprint density at radius 3 is 2.53 bits per heavy atom. The summed E-state index contributed by atoms with van der Waals surface area (Å²) < 4.78 is 23.1. The van der Waals surface area contributed by atoms with Gasteiger partial charge in [0.05, 0.1) is 11.0 Å². The van der Waals surface area contributed by atoms with Gasteiger partial charge >= 0.3 is 0 Å². The highest BCUT2D eigenvalue weighted by Gasteiger charge is 2.50. The van der Waals surface area contributed by atoms with Crippen LogP contribution in [0.5, 0.6) is 0 Å². The summed E-state index contributed by atoms with van der Waals surface area (Å²) in [4.78, 5) is 0.278. The van der Waals surface area contributed by atoms with E-state index in [2.05, 4.69) is 0 Å². The average molecular weight is 226 g/mol. The molecule has 1 N–H and O–H groups in total. The first-order valence-corrected chi connectivity index (χ1v) is 6.30. The van der Waals surface area contributed by atoms with E-state index in [0.717, 1.165) is 5.56 Å². The Bertz CT molecular complexity index is 515. The Balaban J connectivity index is 2.81. The van der Waals surface area contributed by atoms with Crippen molar-refractivity contribution in [2.45, 2.75) is 36.5 Å². The number of hydrogen-bond donors (Lipinski definition) is 1. The van der Waals surface area contributed by atoms with Crippen molar-refractivity contribution < 1.29 is 13.5 Å². The molecule has 0 aliphatic carbocycles. The fourth-order valence-electron chi connectivity index (χ4n) is 1.91.